The van der Waals surface area contributed by atoms with Crippen molar-refractivity contribution in [2.24, 2.45) is 15.9 Å². The van der Waals surface area contributed by atoms with E-state index in [0.717, 1.165) is 42.7 Å². The predicted octanol–water partition coefficient (Wildman–Crippen LogP) is 5.38. The van der Waals surface area contributed by atoms with Crippen LogP contribution >= 0.6 is 0 Å². The van der Waals surface area contributed by atoms with E-state index in [9.17, 15) is 0 Å². The standard InChI is InChI=1S/C24H35N3O3/c1-7-8-9-10-20-25-18-15-17(11-12-19(18)30-20)13-14-24(4)23(29-6)26-21(16(2)3)22(27-24)28-5/h11-12,15-16,21H,7-10,13-14H2,1-6H3. The Morgan fingerprint density at radius 1 is 1.13 bits per heavy atom. The van der Waals surface area contributed by atoms with Crippen molar-refractivity contribution in [3.05, 3.63) is 29.7 Å². The molecule has 0 saturated carbocycles. The second-order valence-corrected chi connectivity index (χ2v) is 8.62. The quantitative estimate of drug-likeness (QED) is 0.545. The van der Waals surface area contributed by atoms with Gasteiger partial charge in [0.25, 0.3) is 0 Å². The number of unbranched alkanes of at least 4 members (excludes halogenated alkanes) is 2. The lowest BCUT2D eigenvalue weighted by atomic mass is 9.90. The van der Waals surface area contributed by atoms with Crippen LogP contribution in [0.2, 0.25) is 0 Å². The van der Waals surface area contributed by atoms with Crippen LogP contribution in [0.25, 0.3) is 11.1 Å². The number of fused-ring (bicyclic) bond motifs is 1. The first-order valence-electron chi connectivity index (χ1n) is 11.0. The van der Waals surface area contributed by atoms with Crippen LogP contribution < -0.4 is 0 Å². The minimum Gasteiger partial charge on any atom is -0.483 e. The fraction of sp³-hybridized carbons (Fsp3) is 0.625. The van der Waals surface area contributed by atoms with Crippen LogP contribution in [0.1, 0.15) is 64.8 Å². The van der Waals surface area contributed by atoms with E-state index in [1.165, 1.54) is 18.4 Å². The number of methoxy groups -OCH3 is 2. The van der Waals surface area contributed by atoms with Crippen LogP contribution in [0, 0.1) is 5.92 Å². The van der Waals surface area contributed by atoms with Crippen LogP contribution in [0.3, 0.4) is 0 Å². The molecule has 2 unspecified atom stereocenters. The Morgan fingerprint density at radius 2 is 1.93 bits per heavy atom. The summed E-state index contributed by atoms with van der Waals surface area (Å²) >= 11 is 0. The number of aryl methyl sites for hydroxylation is 2. The van der Waals surface area contributed by atoms with Gasteiger partial charge in [0.15, 0.2) is 11.5 Å². The second-order valence-electron chi connectivity index (χ2n) is 8.62. The maximum Gasteiger partial charge on any atom is 0.212 e. The maximum absolute atomic E-state index is 5.89. The number of hydrogen-bond acceptors (Lipinski definition) is 6. The van der Waals surface area contributed by atoms with Crippen molar-refractivity contribution in [2.75, 3.05) is 14.2 Å². The first kappa shape index (κ1) is 22.3. The van der Waals surface area contributed by atoms with Crippen molar-refractivity contribution >= 4 is 22.9 Å². The van der Waals surface area contributed by atoms with Gasteiger partial charge >= 0.3 is 0 Å². The molecule has 2 heterocycles. The van der Waals surface area contributed by atoms with Gasteiger partial charge in [0, 0.05) is 6.42 Å². The van der Waals surface area contributed by atoms with Crippen LogP contribution in [0.5, 0.6) is 0 Å². The molecule has 6 heteroatoms. The van der Waals surface area contributed by atoms with Crippen LogP contribution in [0.4, 0.5) is 0 Å². The van der Waals surface area contributed by atoms with E-state index in [1.54, 1.807) is 14.2 Å². The fourth-order valence-corrected chi connectivity index (χ4v) is 3.91. The molecule has 0 radical (unpaired) electrons. The summed E-state index contributed by atoms with van der Waals surface area (Å²) in [6.45, 7) is 8.49. The van der Waals surface area contributed by atoms with Crippen molar-refractivity contribution in [2.45, 2.75) is 77.8 Å². The molecule has 1 aliphatic heterocycles. The van der Waals surface area contributed by atoms with E-state index in [1.807, 2.05) is 6.07 Å². The summed E-state index contributed by atoms with van der Waals surface area (Å²) in [7, 11) is 3.34. The lowest BCUT2D eigenvalue weighted by molar-refractivity contribution is 0.305. The molecule has 164 valence electrons. The third-order valence-electron chi connectivity index (χ3n) is 5.75. The molecule has 30 heavy (non-hydrogen) atoms. The highest BCUT2D eigenvalue weighted by Gasteiger charge is 2.39. The van der Waals surface area contributed by atoms with E-state index in [0.29, 0.717) is 17.7 Å². The second kappa shape index (κ2) is 9.63. The molecule has 0 N–H and O–H groups in total. The Morgan fingerprint density at radius 3 is 2.60 bits per heavy atom. The highest BCUT2D eigenvalue weighted by Crippen LogP contribution is 2.29. The smallest absolute Gasteiger partial charge is 0.212 e. The number of oxazole rings is 1. The molecule has 1 aromatic carbocycles. The zero-order chi connectivity index (χ0) is 21.7. The number of ether oxygens (including phenoxy) is 2. The van der Waals surface area contributed by atoms with Crippen molar-refractivity contribution in [1.82, 2.24) is 4.98 Å². The first-order chi connectivity index (χ1) is 14.4. The molecule has 0 aliphatic carbocycles. The Balaban J connectivity index is 1.75. The minimum absolute atomic E-state index is 0.101. The fourth-order valence-electron chi connectivity index (χ4n) is 3.91. The first-order valence-corrected chi connectivity index (χ1v) is 11.0. The van der Waals surface area contributed by atoms with Crippen molar-refractivity contribution in [1.29, 1.82) is 0 Å². The number of aliphatic imine (C=N–C) groups is 2. The van der Waals surface area contributed by atoms with Gasteiger partial charge in [-0.05, 0) is 49.8 Å². The summed E-state index contributed by atoms with van der Waals surface area (Å²) in [5.74, 6) is 2.47. The van der Waals surface area contributed by atoms with Crippen molar-refractivity contribution in [3.63, 3.8) is 0 Å². The molecule has 1 aromatic heterocycles. The number of nitrogens with zero attached hydrogens (tertiary/aromatic N) is 3. The molecule has 2 aromatic rings. The van der Waals surface area contributed by atoms with E-state index >= 15 is 0 Å². The molecule has 0 saturated heterocycles. The van der Waals surface area contributed by atoms with Crippen molar-refractivity contribution in [3.8, 4) is 0 Å². The molecule has 0 bridgehead atoms. The largest absolute Gasteiger partial charge is 0.483 e. The minimum atomic E-state index is -0.546. The summed E-state index contributed by atoms with van der Waals surface area (Å²) in [6, 6.07) is 6.15. The summed E-state index contributed by atoms with van der Waals surface area (Å²) in [5.41, 5.74) is 2.44. The van der Waals surface area contributed by atoms with E-state index in [4.69, 9.17) is 23.9 Å². The summed E-state index contributed by atoms with van der Waals surface area (Å²) in [4.78, 5) is 14.4. The predicted molar refractivity (Wildman–Crippen MR) is 121 cm³/mol. The monoisotopic (exact) mass is 413 g/mol. The molecule has 2 atom stereocenters. The molecule has 0 fully saturated rings. The van der Waals surface area contributed by atoms with Crippen LogP contribution in [-0.2, 0) is 22.3 Å². The average Bonchev–Trinajstić information content (AvgIpc) is 3.14. The van der Waals surface area contributed by atoms with E-state index < -0.39 is 5.54 Å². The highest BCUT2D eigenvalue weighted by atomic mass is 16.5. The average molecular weight is 414 g/mol. The number of aromatic nitrogens is 1. The maximum atomic E-state index is 5.89. The Bertz CT molecular complexity index is 916. The normalized spacial score (nSPS) is 21.6. The van der Waals surface area contributed by atoms with Gasteiger partial charge in [-0.25, -0.2) is 15.0 Å². The van der Waals surface area contributed by atoms with Gasteiger partial charge in [-0.1, -0.05) is 39.7 Å². The van der Waals surface area contributed by atoms with Gasteiger partial charge in [-0.15, -0.1) is 0 Å². The number of rotatable bonds is 8. The highest BCUT2D eigenvalue weighted by molar-refractivity contribution is 5.96. The summed E-state index contributed by atoms with van der Waals surface area (Å²) in [5, 5.41) is 0. The number of hydrogen-bond donors (Lipinski definition) is 0. The van der Waals surface area contributed by atoms with Crippen LogP contribution in [-0.4, -0.2) is 42.6 Å². The van der Waals surface area contributed by atoms with Crippen molar-refractivity contribution < 1.29 is 13.9 Å². The summed E-state index contributed by atoms with van der Waals surface area (Å²) in [6.07, 6.45) is 6.01. The SMILES string of the molecule is CCCCCc1nc2cc(CCC3(C)N=C(OC)C(C(C)C)N=C3OC)ccc2o1. The van der Waals surface area contributed by atoms with Gasteiger partial charge in [0.1, 0.15) is 17.1 Å². The number of benzene rings is 1. The topological polar surface area (TPSA) is 69.2 Å². The zero-order valence-corrected chi connectivity index (χ0v) is 19.2. The van der Waals surface area contributed by atoms with Gasteiger partial charge < -0.3 is 13.9 Å². The molecule has 1 aliphatic rings. The Hall–Kier alpha value is -2.37. The van der Waals surface area contributed by atoms with Gasteiger partial charge in [-0.2, -0.15) is 0 Å². The van der Waals surface area contributed by atoms with E-state index in [2.05, 4.69) is 44.8 Å². The van der Waals surface area contributed by atoms with Crippen LogP contribution in [0.15, 0.2) is 32.6 Å². The Labute approximate surface area is 179 Å². The molecular formula is C24H35N3O3. The molecule has 6 nitrogen and oxygen atoms in total. The Kier molecular flexibility index (Phi) is 7.16. The third-order valence-corrected chi connectivity index (χ3v) is 5.75. The van der Waals surface area contributed by atoms with Gasteiger partial charge in [0.05, 0.1) is 14.2 Å². The summed E-state index contributed by atoms with van der Waals surface area (Å²) < 4.78 is 17.1. The lowest BCUT2D eigenvalue weighted by Gasteiger charge is -2.33. The lowest BCUT2D eigenvalue weighted by Crippen LogP contribution is -2.44. The van der Waals surface area contributed by atoms with E-state index in [-0.39, 0.29) is 6.04 Å². The zero-order valence-electron chi connectivity index (χ0n) is 19.2. The molecule has 3 rings (SSSR count). The molecular weight excluding hydrogens is 378 g/mol. The third kappa shape index (κ3) is 4.85. The van der Waals surface area contributed by atoms with Gasteiger partial charge in [0.2, 0.25) is 11.8 Å². The molecule has 0 spiro atoms. The molecule has 0 amide bonds. The van der Waals surface area contributed by atoms with Gasteiger partial charge in [-0.3, -0.25) is 0 Å².